The number of amides is 2. The average molecular weight is 320 g/mol. The molecule has 3 N–H and O–H groups in total. The quantitative estimate of drug-likeness (QED) is 0.608. The Balaban J connectivity index is 1.79. The minimum atomic E-state index is -0.692. The summed E-state index contributed by atoms with van der Waals surface area (Å²) in [7, 11) is 0. The van der Waals surface area contributed by atoms with E-state index in [9.17, 15) is 4.79 Å². The van der Waals surface area contributed by atoms with Gasteiger partial charge in [-0.1, -0.05) is 12.1 Å². The summed E-state index contributed by atoms with van der Waals surface area (Å²) in [6, 6.07) is 6.80. The number of hydrogen-bond donors (Lipinski definition) is 2. The molecule has 2 amide bonds. The van der Waals surface area contributed by atoms with Crippen molar-refractivity contribution in [1.82, 2.24) is 10.3 Å². The number of nitrogens with one attached hydrogen (secondary N) is 1. The van der Waals surface area contributed by atoms with E-state index in [4.69, 9.17) is 15.2 Å². The van der Waals surface area contributed by atoms with E-state index in [1.54, 1.807) is 0 Å². The van der Waals surface area contributed by atoms with Crippen LogP contribution in [-0.4, -0.2) is 55.6 Å². The number of nitrogens with two attached hydrogens (primary N) is 1. The van der Waals surface area contributed by atoms with E-state index in [0.717, 1.165) is 30.9 Å². The monoisotopic (exact) mass is 320 g/mol. The first-order valence-corrected chi connectivity index (χ1v) is 7.72. The third-order valence-electron chi connectivity index (χ3n) is 3.42. The number of primary amides is 1. The van der Waals surface area contributed by atoms with Crippen molar-refractivity contribution in [1.29, 1.82) is 0 Å². The summed E-state index contributed by atoms with van der Waals surface area (Å²) in [6.45, 7) is 7.51. The van der Waals surface area contributed by atoms with Crippen LogP contribution in [0.15, 0.2) is 29.4 Å². The van der Waals surface area contributed by atoms with Crippen LogP contribution in [0.4, 0.5) is 4.79 Å². The molecule has 0 aromatic heterocycles. The van der Waals surface area contributed by atoms with Gasteiger partial charge in [0.15, 0.2) is 0 Å². The minimum absolute atomic E-state index is 0.260. The Hall–Kier alpha value is -2.12. The highest BCUT2D eigenvalue weighted by molar-refractivity contribution is 5.81. The van der Waals surface area contributed by atoms with Gasteiger partial charge in [0.05, 0.1) is 18.4 Å². The Kier molecular flexibility index (Phi) is 6.37. The lowest BCUT2D eigenvalue weighted by Gasteiger charge is -2.35. The molecule has 0 radical (unpaired) electrons. The van der Waals surface area contributed by atoms with E-state index in [1.807, 2.05) is 24.3 Å². The molecule has 2 rings (SSSR count). The number of nitrogens with zero attached hydrogens (tertiary/aromatic N) is 2. The number of benzene rings is 1. The van der Waals surface area contributed by atoms with Crippen LogP contribution in [0.3, 0.4) is 0 Å². The maximum Gasteiger partial charge on any atom is 0.332 e. The molecule has 1 aliphatic rings. The molecule has 126 valence electrons. The summed E-state index contributed by atoms with van der Waals surface area (Å²) in [5.41, 5.74) is 7.92. The Labute approximate surface area is 136 Å². The smallest absolute Gasteiger partial charge is 0.332 e. The van der Waals surface area contributed by atoms with Crippen LogP contribution in [-0.2, 0) is 4.74 Å². The molecule has 0 bridgehead atoms. The van der Waals surface area contributed by atoms with Gasteiger partial charge in [-0.25, -0.2) is 10.2 Å². The Bertz CT molecular complexity index is 540. The molecule has 7 nitrogen and oxygen atoms in total. The van der Waals surface area contributed by atoms with Crippen molar-refractivity contribution in [3.63, 3.8) is 0 Å². The van der Waals surface area contributed by atoms with E-state index >= 15 is 0 Å². The van der Waals surface area contributed by atoms with Crippen LogP contribution in [0.25, 0.3) is 0 Å². The highest BCUT2D eigenvalue weighted by Crippen LogP contribution is 2.13. The summed E-state index contributed by atoms with van der Waals surface area (Å²) in [4.78, 5) is 12.9. The molecule has 7 heteroatoms. The van der Waals surface area contributed by atoms with E-state index in [0.29, 0.717) is 6.61 Å². The van der Waals surface area contributed by atoms with E-state index in [-0.39, 0.29) is 12.2 Å². The average Bonchev–Trinajstić information content (AvgIpc) is 2.46. The van der Waals surface area contributed by atoms with Gasteiger partial charge in [-0.2, -0.15) is 5.10 Å². The molecule has 1 aliphatic heterocycles. The molecule has 1 saturated heterocycles. The van der Waals surface area contributed by atoms with Gasteiger partial charge in [0.25, 0.3) is 0 Å². The lowest BCUT2D eigenvalue weighted by molar-refractivity contribution is -0.0699. The number of urea groups is 1. The molecule has 1 fully saturated rings. The second-order valence-corrected chi connectivity index (χ2v) is 5.67. The second kappa shape index (κ2) is 8.50. The number of carbonyl (C=O) groups is 1. The predicted molar refractivity (Wildman–Crippen MR) is 88.7 cm³/mol. The van der Waals surface area contributed by atoms with Crippen molar-refractivity contribution in [3.8, 4) is 5.75 Å². The van der Waals surface area contributed by atoms with Gasteiger partial charge in [-0.05, 0) is 31.5 Å². The third-order valence-corrected chi connectivity index (χ3v) is 3.42. The topological polar surface area (TPSA) is 89.2 Å². The maximum absolute atomic E-state index is 10.6. The van der Waals surface area contributed by atoms with Crippen LogP contribution in [0.5, 0.6) is 5.75 Å². The molecular formula is C16H24N4O3. The molecule has 0 spiro atoms. The zero-order valence-corrected chi connectivity index (χ0v) is 13.6. The van der Waals surface area contributed by atoms with Crippen LogP contribution in [0.2, 0.25) is 0 Å². The van der Waals surface area contributed by atoms with Crippen LogP contribution >= 0.6 is 0 Å². The van der Waals surface area contributed by atoms with Crippen LogP contribution in [0, 0.1) is 0 Å². The third kappa shape index (κ3) is 6.25. The van der Waals surface area contributed by atoms with E-state index < -0.39 is 6.03 Å². The number of morpholine rings is 1. The summed E-state index contributed by atoms with van der Waals surface area (Å²) < 4.78 is 11.5. The normalized spacial score (nSPS) is 22.2. The SMILES string of the molecule is CC1CN(CCOc2cccc(C=NNC(N)=O)c2)CC(C)O1. The lowest BCUT2D eigenvalue weighted by Crippen LogP contribution is -2.46. The largest absolute Gasteiger partial charge is 0.492 e. The van der Waals surface area contributed by atoms with Gasteiger partial charge < -0.3 is 15.2 Å². The van der Waals surface area contributed by atoms with E-state index in [1.165, 1.54) is 6.21 Å². The Morgan fingerprint density at radius 1 is 1.48 bits per heavy atom. The summed E-state index contributed by atoms with van der Waals surface area (Å²) in [5.74, 6) is 0.766. The van der Waals surface area contributed by atoms with Crippen molar-refractivity contribution in [2.24, 2.45) is 10.8 Å². The first kappa shape index (κ1) is 17.2. The molecule has 2 atom stereocenters. The highest BCUT2D eigenvalue weighted by Gasteiger charge is 2.21. The van der Waals surface area contributed by atoms with Crippen molar-refractivity contribution < 1.29 is 14.3 Å². The summed E-state index contributed by atoms with van der Waals surface area (Å²) >= 11 is 0. The summed E-state index contributed by atoms with van der Waals surface area (Å²) in [5, 5.41) is 3.73. The fourth-order valence-electron chi connectivity index (χ4n) is 2.61. The number of carbonyl (C=O) groups excluding carboxylic acids is 1. The van der Waals surface area contributed by atoms with Gasteiger partial charge in [0.1, 0.15) is 12.4 Å². The maximum atomic E-state index is 10.6. The number of ether oxygens (including phenoxy) is 2. The fraction of sp³-hybridized carbons (Fsp3) is 0.500. The van der Waals surface area contributed by atoms with Gasteiger partial charge in [-0.3, -0.25) is 4.90 Å². The van der Waals surface area contributed by atoms with Gasteiger partial charge in [0, 0.05) is 19.6 Å². The molecule has 0 saturated carbocycles. The van der Waals surface area contributed by atoms with Crippen molar-refractivity contribution in [2.45, 2.75) is 26.1 Å². The molecule has 2 unspecified atom stereocenters. The molecular weight excluding hydrogens is 296 g/mol. The molecule has 1 heterocycles. The van der Waals surface area contributed by atoms with E-state index in [2.05, 4.69) is 29.3 Å². The van der Waals surface area contributed by atoms with Crippen molar-refractivity contribution >= 4 is 12.2 Å². The van der Waals surface area contributed by atoms with Crippen molar-refractivity contribution in [3.05, 3.63) is 29.8 Å². The van der Waals surface area contributed by atoms with Crippen molar-refractivity contribution in [2.75, 3.05) is 26.2 Å². The highest BCUT2D eigenvalue weighted by atomic mass is 16.5. The Morgan fingerprint density at radius 3 is 2.91 bits per heavy atom. The lowest BCUT2D eigenvalue weighted by atomic mass is 10.2. The van der Waals surface area contributed by atoms with Crippen LogP contribution in [0.1, 0.15) is 19.4 Å². The molecule has 1 aromatic carbocycles. The van der Waals surface area contributed by atoms with Crippen LogP contribution < -0.4 is 15.9 Å². The minimum Gasteiger partial charge on any atom is -0.492 e. The standard InChI is InChI=1S/C16H24N4O3/c1-12-10-20(11-13(2)23-12)6-7-22-15-5-3-4-14(8-15)9-18-19-16(17)21/h3-5,8-9,12-13H,6-7,10-11H2,1-2H3,(H3,17,19,21). The summed E-state index contributed by atoms with van der Waals surface area (Å²) in [6.07, 6.45) is 2.04. The zero-order valence-electron chi connectivity index (χ0n) is 13.6. The first-order valence-electron chi connectivity index (χ1n) is 7.72. The second-order valence-electron chi connectivity index (χ2n) is 5.67. The molecule has 23 heavy (non-hydrogen) atoms. The fourth-order valence-corrected chi connectivity index (χ4v) is 2.61. The number of hydrogen-bond acceptors (Lipinski definition) is 5. The predicted octanol–water partition coefficient (Wildman–Crippen LogP) is 1.18. The number of hydrazone groups is 1. The van der Waals surface area contributed by atoms with Gasteiger partial charge in [-0.15, -0.1) is 0 Å². The van der Waals surface area contributed by atoms with Gasteiger partial charge in [0.2, 0.25) is 0 Å². The zero-order chi connectivity index (χ0) is 16.7. The van der Waals surface area contributed by atoms with Gasteiger partial charge >= 0.3 is 6.03 Å². The molecule has 0 aliphatic carbocycles. The first-order chi connectivity index (χ1) is 11.0. The molecule has 1 aromatic rings. The Morgan fingerprint density at radius 2 is 2.22 bits per heavy atom. The number of rotatable bonds is 6.